The summed E-state index contributed by atoms with van der Waals surface area (Å²) in [5.41, 5.74) is 3.43. The summed E-state index contributed by atoms with van der Waals surface area (Å²) in [5.74, 6) is 1.55. The first-order valence-electron chi connectivity index (χ1n) is 10.5. The Morgan fingerprint density at radius 2 is 1.88 bits per heavy atom. The van der Waals surface area contributed by atoms with Crippen LogP contribution in [0.2, 0.25) is 0 Å². The van der Waals surface area contributed by atoms with Gasteiger partial charge < -0.3 is 15.4 Å². The second kappa shape index (κ2) is 8.58. The Hall–Kier alpha value is -4.46. The van der Waals surface area contributed by atoms with Crippen LogP contribution in [0.15, 0.2) is 90.3 Å². The fraction of sp³-hybridized carbons (Fsp3) is 0.120. The quantitative estimate of drug-likeness (QED) is 0.483. The molecular weight excluding hydrogens is 416 g/mol. The van der Waals surface area contributed by atoms with E-state index in [0.717, 1.165) is 5.56 Å². The van der Waals surface area contributed by atoms with Gasteiger partial charge in [0.05, 0.1) is 18.4 Å². The monoisotopic (exact) mass is 438 g/mol. The normalized spacial score (nSPS) is 14.9. The minimum atomic E-state index is -0.543. The molecule has 5 rings (SSSR count). The van der Waals surface area contributed by atoms with Crippen molar-refractivity contribution in [3.63, 3.8) is 0 Å². The highest BCUT2D eigenvalue weighted by molar-refractivity contribution is 6.05. The molecule has 4 aromatic rings. The van der Waals surface area contributed by atoms with Crippen LogP contribution >= 0.6 is 0 Å². The predicted molar refractivity (Wildman–Crippen MR) is 126 cm³/mol. The van der Waals surface area contributed by atoms with Crippen molar-refractivity contribution in [1.82, 2.24) is 19.7 Å². The molecule has 0 fully saturated rings. The molecular formula is C25H22N6O2. The summed E-state index contributed by atoms with van der Waals surface area (Å²) in [6.45, 7) is 1.86. The van der Waals surface area contributed by atoms with Crippen molar-refractivity contribution in [2.24, 2.45) is 0 Å². The zero-order valence-electron chi connectivity index (χ0n) is 18.2. The van der Waals surface area contributed by atoms with Crippen LogP contribution in [0.4, 0.5) is 11.6 Å². The van der Waals surface area contributed by atoms with Crippen molar-refractivity contribution in [1.29, 1.82) is 0 Å². The Morgan fingerprint density at radius 1 is 1.06 bits per heavy atom. The number of allylic oxidation sites excluding steroid dienone is 1. The number of para-hydroxylation sites is 1. The molecule has 1 unspecified atom stereocenters. The highest BCUT2D eigenvalue weighted by atomic mass is 16.5. The second-order valence-electron chi connectivity index (χ2n) is 7.58. The lowest BCUT2D eigenvalue weighted by molar-refractivity contribution is -0.113. The Kier molecular flexibility index (Phi) is 5.32. The first-order chi connectivity index (χ1) is 16.1. The van der Waals surface area contributed by atoms with Crippen molar-refractivity contribution in [2.45, 2.75) is 13.0 Å². The summed E-state index contributed by atoms with van der Waals surface area (Å²) in [4.78, 5) is 22.6. The Morgan fingerprint density at radius 3 is 2.64 bits per heavy atom. The molecule has 164 valence electrons. The highest BCUT2D eigenvalue weighted by Crippen LogP contribution is 2.36. The third kappa shape index (κ3) is 3.94. The fourth-order valence-corrected chi connectivity index (χ4v) is 3.86. The lowest BCUT2D eigenvalue weighted by Crippen LogP contribution is -2.32. The molecule has 2 aromatic carbocycles. The molecule has 1 atom stereocenters. The Balaban J connectivity index is 1.59. The number of carbonyl (C=O) groups is 1. The van der Waals surface area contributed by atoms with E-state index in [-0.39, 0.29) is 5.91 Å². The topological polar surface area (TPSA) is 94.0 Å². The minimum Gasteiger partial charge on any atom is -0.497 e. The molecule has 8 nitrogen and oxygen atoms in total. The molecule has 1 amide bonds. The number of nitrogens with zero attached hydrogens (tertiary/aromatic N) is 4. The second-order valence-corrected chi connectivity index (χ2v) is 7.58. The SMILES string of the molecule is COc1cccc(-c2nc3n(n2)C(c2ccccn2)C(C(=O)Nc2ccccc2)=C(C)N3)c1. The van der Waals surface area contributed by atoms with E-state index in [9.17, 15) is 4.79 Å². The maximum atomic E-state index is 13.4. The number of anilines is 2. The van der Waals surface area contributed by atoms with Gasteiger partial charge in [-0.25, -0.2) is 4.68 Å². The van der Waals surface area contributed by atoms with E-state index < -0.39 is 6.04 Å². The molecule has 1 aliphatic heterocycles. The van der Waals surface area contributed by atoms with Crippen LogP contribution in [0.3, 0.4) is 0 Å². The number of carbonyl (C=O) groups excluding carboxylic acids is 1. The molecule has 2 aromatic heterocycles. The van der Waals surface area contributed by atoms with Gasteiger partial charge in [0.2, 0.25) is 5.95 Å². The van der Waals surface area contributed by atoms with Crippen molar-refractivity contribution in [3.05, 3.63) is 96.0 Å². The zero-order chi connectivity index (χ0) is 22.8. The third-order valence-corrected chi connectivity index (χ3v) is 5.42. The van der Waals surface area contributed by atoms with Crippen molar-refractivity contribution in [3.8, 4) is 17.1 Å². The fourth-order valence-electron chi connectivity index (χ4n) is 3.86. The molecule has 2 N–H and O–H groups in total. The first kappa shape index (κ1) is 20.4. The van der Waals surface area contributed by atoms with Gasteiger partial charge >= 0.3 is 0 Å². The van der Waals surface area contributed by atoms with Crippen LogP contribution in [-0.4, -0.2) is 32.8 Å². The number of fused-ring (bicyclic) bond motifs is 1. The van der Waals surface area contributed by atoms with Crippen LogP contribution < -0.4 is 15.4 Å². The summed E-state index contributed by atoms with van der Waals surface area (Å²) in [7, 11) is 1.62. The zero-order valence-corrected chi connectivity index (χ0v) is 18.2. The average molecular weight is 438 g/mol. The van der Waals surface area contributed by atoms with Crippen molar-refractivity contribution in [2.75, 3.05) is 17.7 Å². The Bertz CT molecular complexity index is 1330. The van der Waals surface area contributed by atoms with E-state index in [1.165, 1.54) is 0 Å². The molecule has 8 heteroatoms. The molecule has 0 radical (unpaired) electrons. The number of amides is 1. The van der Waals surface area contributed by atoms with Crippen molar-refractivity contribution >= 4 is 17.5 Å². The standard InChI is InChI=1S/C25H22N6O2/c1-16-21(24(32)28-18-10-4-3-5-11-18)22(20-13-6-7-14-26-20)31-25(27-16)29-23(30-31)17-9-8-12-19(15-17)33-2/h3-15,22H,1-2H3,(H,28,32)(H,27,29,30). The van der Waals surface area contributed by atoms with Gasteiger partial charge in [-0.1, -0.05) is 36.4 Å². The van der Waals surface area contributed by atoms with Crippen LogP contribution in [-0.2, 0) is 4.79 Å². The van der Waals surface area contributed by atoms with Crippen LogP contribution in [0.25, 0.3) is 11.4 Å². The smallest absolute Gasteiger partial charge is 0.255 e. The maximum Gasteiger partial charge on any atom is 0.255 e. The van der Waals surface area contributed by atoms with E-state index >= 15 is 0 Å². The number of aromatic nitrogens is 4. The van der Waals surface area contributed by atoms with Gasteiger partial charge in [0.1, 0.15) is 11.8 Å². The largest absolute Gasteiger partial charge is 0.497 e. The van der Waals surface area contributed by atoms with E-state index in [0.29, 0.717) is 40.2 Å². The van der Waals surface area contributed by atoms with Crippen molar-refractivity contribution < 1.29 is 9.53 Å². The molecule has 0 aliphatic carbocycles. The third-order valence-electron chi connectivity index (χ3n) is 5.42. The van der Waals surface area contributed by atoms with Crippen LogP contribution in [0.1, 0.15) is 18.7 Å². The van der Waals surface area contributed by atoms with Gasteiger partial charge in [-0.2, -0.15) is 4.98 Å². The molecule has 0 saturated carbocycles. The molecule has 1 aliphatic rings. The number of hydrogen-bond acceptors (Lipinski definition) is 6. The number of nitrogens with one attached hydrogen (secondary N) is 2. The summed E-state index contributed by atoms with van der Waals surface area (Å²) in [6, 6.07) is 22.0. The molecule has 3 heterocycles. The summed E-state index contributed by atoms with van der Waals surface area (Å²) in [5, 5.41) is 11.0. The summed E-state index contributed by atoms with van der Waals surface area (Å²) < 4.78 is 7.05. The lowest BCUT2D eigenvalue weighted by Gasteiger charge is -2.28. The predicted octanol–water partition coefficient (Wildman–Crippen LogP) is 4.28. The highest BCUT2D eigenvalue weighted by Gasteiger charge is 2.35. The van der Waals surface area contributed by atoms with Gasteiger partial charge in [0.15, 0.2) is 5.82 Å². The number of hydrogen-bond donors (Lipinski definition) is 2. The van der Waals surface area contributed by atoms with Gasteiger partial charge in [0, 0.05) is 23.1 Å². The van der Waals surface area contributed by atoms with Gasteiger partial charge in [-0.15, -0.1) is 5.10 Å². The molecule has 0 spiro atoms. The Labute approximate surface area is 191 Å². The number of methoxy groups -OCH3 is 1. The van der Waals surface area contributed by atoms with E-state index in [1.807, 2.05) is 79.7 Å². The van der Waals surface area contributed by atoms with Gasteiger partial charge in [-0.05, 0) is 43.3 Å². The average Bonchev–Trinajstić information content (AvgIpc) is 3.28. The number of ether oxygens (including phenoxy) is 1. The number of rotatable bonds is 5. The molecule has 0 bridgehead atoms. The summed E-state index contributed by atoms with van der Waals surface area (Å²) in [6.07, 6.45) is 1.71. The maximum absolute atomic E-state index is 13.4. The van der Waals surface area contributed by atoms with Gasteiger partial charge in [-0.3, -0.25) is 9.78 Å². The van der Waals surface area contributed by atoms with E-state index in [4.69, 9.17) is 14.8 Å². The van der Waals surface area contributed by atoms with Gasteiger partial charge in [0.25, 0.3) is 5.91 Å². The van der Waals surface area contributed by atoms with E-state index in [1.54, 1.807) is 18.0 Å². The summed E-state index contributed by atoms with van der Waals surface area (Å²) >= 11 is 0. The van der Waals surface area contributed by atoms with Crippen LogP contribution in [0, 0.1) is 0 Å². The van der Waals surface area contributed by atoms with Crippen LogP contribution in [0.5, 0.6) is 5.75 Å². The molecule has 0 saturated heterocycles. The van der Waals surface area contributed by atoms with E-state index in [2.05, 4.69) is 15.6 Å². The first-order valence-corrected chi connectivity index (χ1v) is 10.5. The minimum absolute atomic E-state index is 0.231. The molecule has 33 heavy (non-hydrogen) atoms. The lowest BCUT2D eigenvalue weighted by atomic mass is 9.98. The number of pyridine rings is 1. The number of benzene rings is 2.